The van der Waals surface area contributed by atoms with E-state index >= 15 is 0 Å². The van der Waals surface area contributed by atoms with Crippen molar-refractivity contribution in [2.75, 3.05) is 0 Å². The van der Waals surface area contributed by atoms with Crippen LogP contribution in [0.4, 0.5) is 10.1 Å². The summed E-state index contributed by atoms with van der Waals surface area (Å²) in [6, 6.07) is 5.27. The lowest BCUT2D eigenvalue weighted by molar-refractivity contribution is -0.385. The largest absolute Gasteiger partial charge is 0.418 e. The third-order valence-corrected chi connectivity index (χ3v) is 4.18. The zero-order valence-electron chi connectivity index (χ0n) is 11.6. The van der Waals surface area contributed by atoms with Gasteiger partial charge in [-0.2, -0.15) is 0 Å². The lowest BCUT2D eigenvalue weighted by Crippen LogP contribution is -1.91. The second-order valence-corrected chi connectivity index (χ2v) is 6.21. The fourth-order valence-electron chi connectivity index (χ4n) is 2.51. The Morgan fingerprint density at radius 1 is 1.30 bits per heavy atom. The number of nitrogens with zero attached hydrogens (tertiary/aromatic N) is 3. The van der Waals surface area contributed by atoms with Gasteiger partial charge in [-0.15, -0.1) is 0 Å². The molecule has 4 rings (SSSR count). The van der Waals surface area contributed by atoms with Crippen LogP contribution in [-0.2, 0) is 0 Å². The van der Waals surface area contributed by atoms with Crippen LogP contribution in [0.2, 0.25) is 0 Å². The molecule has 0 amide bonds. The minimum atomic E-state index is -0.752. The molecule has 3 aromatic rings. The van der Waals surface area contributed by atoms with Crippen LogP contribution >= 0.6 is 15.9 Å². The van der Waals surface area contributed by atoms with E-state index in [0.29, 0.717) is 21.8 Å². The Morgan fingerprint density at radius 2 is 2.09 bits per heavy atom. The molecule has 0 bridgehead atoms. The van der Waals surface area contributed by atoms with Gasteiger partial charge in [0.1, 0.15) is 15.9 Å². The summed E-state index contributed by atoms with van der Waals surface area (Å²) < 4.78 is 20.4. The molecule has 1 fully saturated rings. The SMILES string of the molecule is O=[N+]([O-])c1ccc(-c2nc3c(C4CC4)cc(Br)nc3o2)c(F)c1. The minimum Gasteiger partial charge on any atom is -0.418 e. The molecule has 8 heteroatoms. The van der Waals surface area contributed by atoms with Crippen molar-refractivity contribution in [3.05, 3.63) is 50.4 Å². The van der Waals surface area contributed by atoms with Crippen molar-refractivity contribution >= 4 is 32.8 Å². The van der Waals surface area contributed by atoms with Gasteiger partial charge in [-0.3, -0.25) is 10.1 Å². The highest BCUT2D eigenvalue weighted by molar-refractivity contribution is 9.10. The molecular formula is C15H9BrFN3O3. The van der Waals surface area contributed by atoms with Gasteiger partial charge in [0.05, 0.1) is 16.6 Å². The Kier molecular flexibility index (Phi) is 3.15. The monoisotopic (exact) mass is 377 g/mol. The van der Waals surface area contributed by atoms with Gasteiger partial charge in [0, 0.05) is 6.07 Å². The third kappa shape index (κ3) is 2.48. The lowest BCUT2D eigenvalue weighted by Gasteiger charge is -1.98. The average Bonchev–Trinajstić information content (AvgIpc) is 3.26. The number of non-ortho nitro benzene ring substituents is 1. The van der Waals surface area contributed by atoms with Crippen molar-refractivity contribution in [3.63, 3.8) is 0 Å². The molecule has 0 unspecified atom stereocenters. The van der Waals surface area contributed by atoms with E-state index in [2.05, 4.69) is 25.9 Å². The number of nitro groups is 1. The molecule has 116 valence electrons. The molecular weight excluding hydrogens is 369 g/mol. The molecule has 1 aromatic carbocycles. The van der Waals surface area contributed by atoms with Gasteiger partial charge in [0.25, 0.3) is 5.69 Å². The Morgan fingerprint density at radius 3 is 2.74 bits per heavy atom. The number of fused-ring (bicyclic) bond motifs is 1. The van der Waals surface area contributed by atoms with Gasteiger partial charge >= 0.3 is 0 Å². The topological polar surface area (TPSA) is 82.1 Å². The van der Waals surface area contributed by atoms with Crippen LogP contribution in [0.25, 0.3) is 22.7 Å². The number of hydrogen-bond acceptors (Lipinski definition) is 5. The van der Waals surface area contributed by atoms with Gasteiger partial charge in [0.15, 0.2) is 0 Å². The second-order valence-electron chi connectivity index (χ2n) is 5.40. The van der Waals surface area contributed by atoms with E-state index in [0.717, 1.165) is 24.5 Å². The molecule has 2 aromatic heterocycles. The van der Waals surface area contributed by atoms with Gasteiger partial charge in [0.2, 0.25) is 11.6 Å². The molecule has 2 heterocycles. The number of nitro benzene ring substituents is 1. The maximum atomic E-state index is 14.1. The highest BCUT2D eigenvalue weighted by Gasteiger charge is 2.29. The predicted molar refractivity (Wildman–Crippen MR) is 83.5 cm³/mol. The smallest absolute Gasteiger partial charge is 0.272 e. The lowest BCUT2D eigenvalue weighted by atomic mass is 10.1. The summed E-state index contributed by atoms with van der Waals surface area (Å²) in [7, 11) is 0. The molecule has 0 aliphatic heterocycles. The quantitative estimate of drug-likeness (QED) is 0.379. The molecule has 0 atom stereocenters. The number of oxazole rings is 1. The van der Waals surface area contributed by atoms with Crippen LogP contribution in [0, 0.1) is 15.9 Å². The zero-order valence-corrected chi connectivity index (χ0v) is 13.2. The van der Waals surface area contributed by atoms with E-state index in [-0.39, 0.29) is 17.1 Å². The first-order valence-electron chi connectivity index (χ1n) is 6.94. The van der Waals surface area contributed by atoms with Crippen LogP contribution in [-0.4, -0.2) is 14.9 Å². The molecule has 1 saturated carbocycles. The van der Waals surface area contributed by atoms with Crippen LogP contribution in [0.3, 0.4) is 0 Å². The fourth-order valence-corrected chi connectivity index (χ4v) is 2.92. The number of rotatable bonds is 3. The van der Waals surface area contributed by atoms with Gasteiger partial charge < -0.3 is 4.42 Å². The van der Waals surface area contributed by atoms with Crippen LogP contribution < -0.4 is 0 Å². The molecule has 0 saturated heterocycles. The fraction of sp³-hybridized carbons (Fsp3) is 0.200. The predicted octanol–water partition coefficient (Wildman–Crippen LogP) is 4.58. The maximum absolute atomic E-state index is 14.1. The van der Waals surface area contributed by atoms with Crippen molar-refractivity contribution < 1.29 is 13.7 Å². The summed E-state index contributed by atoms with van der Waals surface area (Å²) >= 11 is 3.34. The summed E-state index contributed by atoms with van der Waals surface area (Å²) in [6.07, 6.45) is 2.17. The summed E-state index contributed by atoms with van der Waals surface area (Å²) in [5.41, 5.74) is 1.73. The van der Waals surface area contributed by atoms with Crippen molar-refractivity contribution in [1.29, 1.82) is 0 Å². The Balaban J connectivity index is 1.86. The number of benzene rings is 1. The average molecular weight is 378 g/mol. The molecule has 1 aliphatic carbocycles. The first kappa shape index (κ1) is 14.3. The Labute approximate surface area is 137 Å². The van der Waals surface area contributed by atoms with E-state index in [9.17, 15) is 14.5 Å². The van der Waals surface area contributed by atoms with E-state index in [1.807, 2.05) is 6.07 Å². The molecule has 0 radical (unpaired) electrons. The van der Waals surface area contributed by atoms with E-state index < -0.39 is 10.7 Å². The number of halogens is 2. The van der Waals surface area contributed by atoms with Crippen molar-refractivity contribution in [2.45, 2.75) is 18.8 Å². The van der Waals surface area contributed by atoms with E-state index in [4.69, 9.17) is 4.42 Å². The molecule has 0 N–H and O–H groups in total. The van der Waals surface area contributed by atoms with Gasteiger partial charge in [-0.05, 0) is 52.4 Å². The molecule has 1 aliphatic rings. The first-order valence-corrected chi connectivity index (χ1v) is 7.73. The van der Waals surface area contributed by atoms with Crippen molar-refractivity contribution in [2.24, 2.45) is 0 Å². The standard InChI is InChI=1S/C15H9BrFN3O3/c16-12-6-10(7-1-2-7)13-15(18-12)23-14(19-13)9-4-3-8(20(21)22)5-11(9)17/h3-7H,1-2H2. The Hall–Kier alpha value is -2.35. The van der Waals surface area contributed by atoms with Crippen molar-refractivity contribution in [1.82, 2.24) is 9.97 Å². The first-order chi connectivity index (χ1) is 11.0. The second kappa shape index (κ2) is 5.09. The van der Waals surface area contributed by atoms with Gasteiger partial charge in [-0.1, -0.05) is 0 Å². The summed E-state index contributed by atoms with van der Waals surface area (Å²) in [5, 5.41) is 10.7. The maximum Gasteiger partial charge on any atom is 0.272 e. The number of pyridine rings is 1. The Bertz CT molecular complexity index is 953. The highest BCUT2D eigenvalue weighted by Crippen LogP contribution is 2.44. The molecule has 0 spiro atoms. The van der Waals surface area contributed by atoms with Gasteiger partial charge in [-0.25, -0.2) is 14.4 Å². The summed E-state index contributed by atoms with van der Waals surface area (Å²) in [6.45, 7) is 0. The minimum absolute atomic E-state index is 0.0693. The van der Waals surface area contributed by atoms with Crippen LogP contribution in [0.15, 0.2) is 33.3 Å². The van der Waals surface area contributed by atoms with E-state index in [1.165, 1.54) is 12.1 Å². The highest BCUT2D eigenvalue weighted by atomic mass is 79.9. The van der Waals surface area contributed by atoms with Crippen LogP contribution in [0.5, 0.6) is 0 Å². The van der Waals surface area contributed by atoms with Crippen molar-refractivity contribution in [3.8, 4) is 11.5 Å². The van der Waals surface area contributed by atoms with E-state index in [1.54, 1.807) is 0 Å². The zero-order chi connectivity index (χ0) is 16.1. The number of aromatic nitrogens is 2. The number of hydrogen-bond donors (Lipinski definition) is 0. The molecule has 23 heavy (non-hydrogen) atoms. The third-order valence-electron chi connectivity index (χ3n) is 3.78. The normalized spacial score (nSPS) is 14.3. The molecule has 6 nitrogen and oxygen atoms in total. The summed E-state index contributed by atoms with van der Waals surface area (Å²) in [5.74, 6) is -0.255. The van der Waals surface area contributed by atoms with Crippen LogP contribution in [0.1, 0.15) is 24.3 Å². The summed E-state index contributed by atoms with van der Waals surface area (Å²) in [4.78, 5) is 18.6.